The minimum Gasteiger partial charge on any atom is -0.496 e. The molecule has 2 heterocycles. The van der Waals surface area contributed by atoms with E-state index in [1.54, 1.807) is 13.4 Å². The van der Waals surface area contributed by atoms with Gasteiger partial charge in [-0.05, 0) is 31.0 Å². The second-order valence-corrected chi connectivity index (χ2v) is 6.73. The number of methoxy groups -OCH3 is 1. The first-order valence-electron chi connectivity index (χ1n) is 9.48. The summed E-state index contributed by atoms with van der Waals surface area (Å²) in [5.74, 6) is 1.89. The van der Waals surface area contributed by atoms with Gasteiger partial charge >= 0.3 is 0 Å². The molecule has 1 N–H and O–H groups in total. The largest absolute Gasteiger partial charge is 0.496 e. The Kier molecular flexibility index (Phi) is 6.70. The van der Waals surface area contributed by atoms with Gasteiger partial charge in [0.1, 0.15) is 12.0 Å². The van der Waals surface area contributed by atoms with Gasteiger partial charge in [-0.15, -0.1) is 0 Å². The van der Waals surface area contributed by atoms with Gasteiger partial charge in [-0.3, -0.25) is 4.90 Å². The Morgan fingerprint density at radius 2 is 2.07 bits per heavy atom. The molecule has 7 nitrogen and oxygen atoms in total. The maximum absolute atomic E-state index is 5.34. The number of aliphatic imine (C=N–C) groups is 1. The van der Waals surface area contributed by atoms with E-state index in [-0.39, 0.29) is 0 Å². The predicted molar refractivity (Wildman–Crippen MR) is 106 cm³/mol. The van der Waals surface area contributed by atoms with Crippen molar-refractivity contribution in [2.24, 2.45) is 4.99 Å². The van der Waals surface area contributed by atoms with E-state index in [0.717, 1.165) is 62.2 Å². The lowest BCUT2D eigenvalue weighted by molar-refractivity contribution is 0.169. The van der Waals surface area contributed by atoms with E-state index < -0.39 is 0 Å². The van der Waals surface area contributed by atoms with Crippen molar-refractivity contribution in [2.45, 2.75) is 26.9 Å². The van der Waals surface area contributed by atoms with Crippen LogP contribution in [0.2, 0.25) is 0 Å². The number of hydrogen-bond donors (Lipinski definition) is 1. The summed E-state index contributed by atoms with van der Waals surface area (Å²) >= 11 is 0. The zero-order valence-electron chi connectivity index (χ0n) is 16.4. The van der Waals surface area contributed by atoms with Gasteiger partial charge in [-0.25, -0.2) is 4.99 Å². The lowest BCUT2D eigenvalue weighted by Gasteiger charge is -2.36. The Morgan fingerprint density at radius 3 is 2.70 bits per heavy atom. The lowest BCUT2D eigenvalue weighted by atomic mass is 10.1. The molecule has 1 aliphatic heterocycles. The number of rotatable bonds is 6. The second kappa shape index (κ2) is 9.41. The van der Waals surface area contributed by atoms with Gasteiger partial charge in [-0.1, -0.05) is 17.3 Å². The maximum Gasteiger partial charge on any atom is 0.194 e. The predicted octanol–water partition coefficient (Wildman–Crippen LogP) is 2.27. The number of aromatic nitrogens is 1. The van der Waals surface area contributed by atoms with Gasteiger partial charge in [0.25, 0.3) is 0 Å². The number of guanidine groups is 1. The smallest absolute Gasteiger partial charge is 0.194 e. The summed E-state index contributed by atoms with van der Waals surface area (Å²) in [5.41, 5.74) is 3.31. The second-order valence-electron chi connectivity index (χ2n) is 6.73. The molecule has 1 aromatic carbocycles. The SMILES string of the molecule is CCNC(=NCc1ccc(OC)c(C)c1)N1CCN(Cc2ccon2)CC1. The van der Waals surface area contributed by atoms with E-state index in [9.17, 15) is 0 Å². The number of hydrogen-bond acceptors (Lipinski definition) is 5. The van der Waals surface area contributed by atoms with Crippen LogP contribution in [0.5, 0.6) is 5.75 Å². The van der Waals surface area contributed by atoms with E-state index in [2.05, 4.69) is 46.3 Å². The van der Waals surface area contributed by atoms with E-state index >= 15 is 0 Å². The molecule has 0 bridgehead atoms. The van der Waals surface area contributed by atoms with Crippen molar-refractivity contribution in [3.05, 3.63) is 47.3 Å². The summed E-state index contributed by atoms with van der Waals surface area (Å²) in [6, 6.07) is 8.15. The van der Waals surface area contributed by atoms with Crippen LogP contribution >= 0.6 is 0 Å². The van der Waals surface area contributed by atoms with Crippen LogP contribution in [0.4, 0.5) is 0 Å². The van der Waals surface area contributed by atoms with Crippen molar-refractivity contribution in [3.63, 3.8) is 0 Å². The number of ether oxygens (including phenoxy) is 1. The first-order chi connectivity index (χ1) is 13.2. The fourth-order valence-corrected chi connectivity index (χ4v) is 3.30. The standard InChI is InChI=1S/C20H29N5O2/c1-4-21-20(22-14-17-5-6-19(26-3)16(2)13-17)25-10-8-24(9-11-25)15-18-7-12-27-23-18/h5-7,12-13H,4,8-11,14-15H2,1-3H3,(H,21,22). The van der Waals surface area contributed by atoms with E-state index in [1.807, 2.05) is 12.1 Å². The zero-order valence-corrected chi connectivity index (χ0v) is 16.4. The molecule has 0 unspecified atom stereocenters. The normalized spacial score (nSPS) is 15.8. The lowest BCUT2D eigenvalue weighted by Crippen LogP contribution is -2.52. The average Bonchev–Trinajstić information content (AvgIpc) is 3.19. The fourth-order valence-electron chi connectivity index (χ4n) is 3.30. The van der Waals surface area contributed by atoms with Crippen molar-refractivity contribution < 1.29 is 9.26 Å². The Labute approximate surface area is 161 Å². The minimum atomic E-state index is 0.659. The van der Waals surface area contributed by atoms with Crippen LogP contribution in [0.1, 0.15) is 23.7 Å². The molecule has 2 aromatic rings. The first-order valence-corrected chi connectivity index (χ1v) is 9.48. The molecular formula is C20H29N5O2. The summed E-state index contributed by atoms with van der Waals surface area (Å²) in [4.78, 5) is 9.58. The Morgan fingerprint density at radius 1 is 1.26 bits per heavy atom. The quantitative estimate of drug-likeness (QED) is 0.621. The van der Waals surface area contributed by atoms with Crippen LogP contribution in [0.25, 0.3) is 0 Å². The molecule has 1 aliphatic rings. The van der Waals surface area contributed by atoms with Crippen LogP contribution in [0, 0.1) is 6.92 Å². The first kappa shape index (κ1) is 19.2. The third kappa shape index (κ3) is 5.23. The summed E-state index contributed by atoms with van der Waals surface area (Å²) in [5, 5.41) is 7.43. The van der Waals surface area contributed by atoms with Gasteiger partial charge in [-0.2, -0.15) is 0 Å². The summed E-state index contributed by atoms with van der Waals surface area (Å²) in [6.07, 6.45) is 1.63. The van der Waals surface area contributed by atoms with E-state index in [0.29, 0.717) is 6.54 Å². The zero-order chi connectivity index (χ0) is 19.1. The molecule has 0 spiro atoms. The van der Waals surface area contributed by atoms with Crippen LogP contribution in [-0.4, -0.2) is 60.7 Å². The van der Waals surface area contributed by atoms with Crippen molar-refractivity contribution in [2.75, 3.05) is 39.8 Å². The van der Waals surface area contributed by atoms with Crippen LogP contribution in [0.15, 0.2) is 40.0 Å². The number of nitrogens with one attached hydrogen (secondary N) is 1. The van der Waals surface area contributed by atoms with Gasteiger partial charge in [0.2, 0.25) is 0 Å². The van der Waals surface area contributed by atoms with Crippen LogP contribution in [-0.2, 0) is 13.1 Å². The summed E-state index contributed by atoms with van der Waals surface area (Å²) < 4.78 is 10.3. The van der Waals surface area contributed by atoms with Crippen molar-refractivity contribution in [3.8, 4) is 5.75 Å². The Balaban J connectivity index is 1.58. The molecular weight excluding hydrogens is 342 g/mol. The maximum atomic E-state index is 5.34. The summed E-state index contributed by atoms with van der Waals surface area (Å²) in [6.45, 7) is 10.4. The van der Waals surface area contributed by atoms with Gasteiger partial charge in [0.15, 0.2) is 5.96 Å². The fraction of sp³-hybridized carbons (Fsp3) is 0.500. The summed E-state index contributed by atoms with van der Waals surface area (Å²) in [7, 11) is 1.70. The van der Waals surface area contributed by atoms with Gasteiger partial charge in [0.05, 0.1) is 19.3 Å². The molecule has 3 rings (SSSR count). The number of aryl methyl sites for hydroxylation is 1. The number of nitrogens with zero attached hydrogens (tertiary/aromatic N) is 4. The van der Waals surface area contributed by atoms with Crippen molar-refractivity contribution in [1.82, 2.24) is 20.3 Å². The van der Waals surface area contributed by atoms with E-state index in [1.165, 1.54) is 5.56 Å². The molecule has 27 heavy (non-hydrogen) atoms. The highest BCUT2D eigenvalue weighted by atomic mass is 16.5. The monoisotopic (exact) mass is 371 g/mol. The Hall–Kier alpha value is -2.54. The van der Waals surface area contributed by atoms with Gasteiger partial charge < -0.3 is 19.5 Å². The van der Waals surface area contributed by atoms with Crippen LogP contribution < -0.4 is 10.1 Å². The van der Waals surface area contributed by atoms with Crippen molar-refractivity contribution in [1.29, 1.82) is 0 Å². The molecule has 0 saturated carbocycles. The average molecular weight is 371 g/mol. The Bertz CT molecular complexity index is 737. The highest BCUT2D eigenvalue weighted by Gasteiger charge is 2.20. The molecule has 1 saturated heterocycles. The van der Waals surface area contributed by atoms with Gasteiger partial charge in [0, 0.05) is 45.3 Å². The minimum absolute atomic E-state index is 0.659. The molecule has 0 amide bonds. The third-order valence-corrected chi connectivity index (χ3v) is 4.75. The molecule has 0 aliphatic carbocycles. The molecule has 0 radical (unpaired) electrons. The molecule has 1 fully saturated rings. The highest BCUT2D eigenvalue weighted by molar-refractivity contribution is 5.80. The highest BCUT2D eigenvalue weighted by Crippen LogP contribution is 2.19. The molecule has 7 heteroatoms. The molecule has 0 atom stereocenters. The van der Waals surface area contributed by atoms with Crippen molar-refractivity contribution >= 4 is 5.96 Å². The topological polar surface area (TPSA) is 66.1 Å². The number of benzene rings is 1. The molecule has 146 valence electrons. The third-order valence-electron chi connectivity index (χ3n) is 4.75. The molecule has 1 aromatic heterocycles. The van der Waals surface area contributed by atoms with Crippen LogP contribution in [0.3, 0.4) is 0 Å². The van der Waals surface area contributed by atoms with E-state index in [4.69, 9.17) is 14.3 Å². The number of piperazine rings is 1.